The molecule has 0 aliphatic carbocycles. The van der Waals surface area contributed by atoms with E-state index < -0.39 is 5.82 Å². The minimum absolute atomic E-state index is 0.0562. The fourth-order valence-corrected chi connectivity index (χ4v) is 3.19. The Labute approximate surface area is 211 Å². The maximum Gasteiger partial charge on any atom is 0.227 e. The number of Topliss-reactive ketones (excluding diaryl/α,β-unsaturated/α-hetero) is 1. The summed E-state index contributed by atoms with van der Waals surface area (Å²) in [6.45, 7) is 4.97. The number of hydrogen-bond donors (Lipinski definition) is 2. The van der Waals surface area contributed by atoms with Crippen molar-refractivity contribution in [2.75, 3.05) is 20.2 Å². The number of carbonyl (C=O) groups is 3. The van der Waals surface area contributed by atoms with Crippen molar-refractivity contribution in [3.8, 4) is 5.75 Å². The molecule has 0 aromatic heterocycles. The van der Waals surface area contributed by atoms with Crippen LogP contribution >= 0.6 is 23.2 Å². The average Bonchev–Trinajstić information content (AvgIpc) is 2.85. The van der Waals surface area contributed by atoms with Crippen LogP contribution in [-0.4, -0.2) is 38.7 Å². The maximum atomic E-state index is 13.6. The molecule has 188 valence electrons. The monoisotopic (exact) mass is 514 g/mol. The van der Waals surface area contributed by atoms with Gasteiger partial charge < -0.3 is 20.6 Å². The molecule has 1 amide bonds. The van der Waals surface area contributed by atoms with Crippen molar-refractivity contribution in [2.45, 2.75) is 39.0 Å². The summed E-state index contributed by atoms with van der Waals surface area (Å²) in [4.78, 5) is 32.2. The third-order valence-corrected chi connectivity index (χ3v) is 5.26. The number of benzene rings is 2. The van der Waals surface area contributed by atoms with Gasteiger partial charge in [-0.3, -0.25) is 9.59 Å². The van der Waals surface area contributed by atoms with Crippen LogP contribution in [0, 0.1) is 11.7 Å². The van der Waals surface area contributed by atoms with Gasteiger partial charge in [-0.15, -0.1) is 0 Å². The molecule has 2 aromatic carbocycles. The summed E-state index contributed by atoms with van der Waals surface area (Å²) in [5.74, 6) is -0.450. The molecule has 0 aliphatic rings. The van der Waals surface area contributed by atoms with Gasteiger partial charge >= 0.3 is 0 Å². The van der Waals surface area contributed by atoms with Crippen molar-refractivity contribution in [1.82, 2.24) is 5.32 Å². The van der Waals surface area contributed by atoms with Gasteiger partial charge in [-0.1, -0.05) is 43.0 Å². The summed E-state index contributed by atoms with van der Waals surface area (Å²) >= 11 is 11.5. The lowest BCUT2D eigenvalue weighted by atomic mass is 9.99. The molecule has 0 radical (unpaired) electrons. The average molecular weight is 515 g/mol. The highest BCUT2D eigenvalue weighted by atomic mass is 35.5. The fraction of sp³-hybridized carbons (Fsp3) is 0.400. The quantitative estimate of drug-likeness (QED) is 0.288. The molecule has 1 unspecified atom stereocenters. The fourth-order valence-electron chi connectivity index (χ4n) is 2.95. The highest BCUT2D eigenvalue weighted by Crippen LogP contribution is 2.22. The van der Waals surface area contributed by atoms with Crippen LogP contribution in [0.4, 0.5) is 4.39 Å². The lowest BCUT2D eigenvalue weighted by molar-refractivity contribution is -0.120. The number of nitrogens with one attached hydrogen (secondary N) is 1. The first-order valence-corrected chi connectivity index (χ1v) is 11.6. The van der Waals surface area contributed by atoms with E-state index in [2.05, 4.69) is 18.0 Å². The van der Waals surface area contributed by atoms with Gasteiger partial charge in [0, 0.05) is 23.2 Å². The molecule has 34 heavy (non-hydrogen) atoms. The van der Waals surface area contributed by atoms with Crippen LogP contribution in [0.1, 0.15) is 49.4 Å². The Kier molecular flexibility index (Phi) is 17.5. The highest BCUT2D eigenvalue weighted by molar-refractivity contribution is 6.31. The first-order chi connectivity index (χ1) is 16.4. The Hall–Kier alpha value is -2.48. The van der Waals surface area contributed by atoms with Gasteiger partial charge in [-0.25, -0.2) is 4.39 Å². The van der Waals surface area contributed by atoms with E-state index in [0.717, 1.165) is 19.3 Å². The molecular weight excluding hydrogens is 482 g/mol. The van der Waals surface area contributed by atoms with Crippen molar-refractivity contribution >= 4 is 41.7 Å². The van der Waals surface area contributed by atoms with E-state index >= 15 is 0 Å². The van der Waals surface area contributed by atoms with Gasteiger partial charge in [0.15, 0.2) is 5.78 Å². The van der Waals surface area contributed by atoms with Crippen molar-refractivity contribution < 1.29 is 23.5 Å². The summed E-state index contributed by atoms with van der Waals surface area (Å²) in [5, 5.41) is 3.39. The molecule has 0 heterocycles. The van der Waals surface area contributed by atoms with Crippen LogP contribution in [0.15, 0.2) is 42.5 Å². The molecule has 3 N–H and O–H groups in total. The van der Waals surface area contributed by atoms with Crippen molar-refractivity contribution in [2.24, 2.45) is 11.7 Å². The third-order valence-electron chi connectivity index (χ3n) is 4.70. The summed E-state index contributed by atoms with van der Waals surface area (Å²) in [6, 6.07) is 10.8. The van der Waals surface area contributed by atoms with Gasteiger partial charge in [0.05, 0.1) is 18.1 Å². The van der Waals surface area contributed by atoms with Crippen molar-refractivity contribution in [3.63, 3.8) is 0 Å². The molecular formula is C25H33Cl2FN2O4. The Morgan fingerprint density at radius 1 is 1.09 bits per heavy atom. The summed E-state index contributed by atoms with van der Waals surface area (Å²) in [5.41, 5.74) is 4.96. The second kappa shape index (κ2) is 18.9. The Balaban J connectivity index is 0.00000258. The summed E-state index contributed by atoms with van der Waals surface area (Å²) < 4.78 is 19.3. The van der Waals surface area contributed by atoms with E-state index in [-0.39, 0.29) is 29.1 Å². The highest BCUT2D eigenvalue weighted by Gasteiger charge is 2.14. The predicted molar refractivity (Wildman–Crippen MR) is 135 cm³/mol. The van der Waals surface area contributed by atoms with Crippen LogP contribution in [0.5, 0.6) is 5.75 Å². The van der Waals surface area contributed by atoms with Crippen LogP contribution in [0.25, 0.3) is 0 Å². The van der Waals surface area contributed by atoms with Gasteiger partial charge in [0.1, 0.15) is 18.4 Å². The largest absolute Gasteiger partial charge is 0.493 e. The maximum absolute atomic E-state index is 13.6. The van der Waals surface area contributed by atoms with E-state index in [1.54, 1.807) is 30.3 Å². The van der Waals surface area contributed by atoms with Crippen LogP contribution in [0.2, 0.25) is 10.0 Å². The molecule has 0 saturated carbocycles. The minimum atomic E-state index is -0.517. The molecule has 0 aliphatic heterocycles. The first kappa shape index (κ1) is 31.5. The molecule has 2 rings (SSSR count). The zero-order valence-corrected chi connectivity index (χ0v) is 21.1. The summed E-state index contributed by atoms with van der Waals surface area (Å²) in [6.07, 6.45) is 3.52. The predicted octanol–water partition coefficient (Wildman–Crippen LogP) is 5.49. The van der Waals surface area contributed by atoms with E-state index in [1.165, 1.54) is 19.2 Å². The van der Waals surface area contributed by atoms with Crippen LogP contribution < -0.4 is 15.8 Å². The standard InChI is InChI=1S/C23H26Cl2FNO3.CH5N.CH2O/c1-2-3-4-16(15-30-19-9-10-20(25)21(26)13-19)11-12-27-23(29)14-22(28)17-5-7-18(24)8-6-17;2*1-2/h5-10,13,16H,2-4,11-12,14-15H2,1H3,(H,27,29);2H2,1H3;1H2. The molecule has 6 nitrogen and oxygen atoms in total. The number of carbonyl (C=O) groups excluding carboxylic acids is 3. The Morgan fingerprint density at radius 2 is 1.74 bits per heavy atom. The first-order valence-electron chi connectivity index (χ1n) is 10.9. The Bertz CT molecular complexity index is 866. The lowest BCUT2D eigenvalue weighted by Gasteiger charge is -2.18. The van der Waals surface area contributed by atoms with E-state index in [9.17, 15) is 14.0 Å². The second-order valence-corrected chi connectivity index (χ2v) is 7.98. The third kappa shape index (κ3) is 12.7. The van der Waals surface area contributed by atoms with Gasteiger partial charge in [0.2, 0.25) is 5.91 Å². The smallest absolute Gasteiger partial charge is 0.227 e. The number of ether oxygens (including phenoxy) is 1. The molecule has 0 saturated heterocycles. The van der Waals surface area contributed by atoms with Gasteiger partial charge in [0.25, 0.3) is 0 Å². The minimum Gasteiger partial charge on any atom is -0.493 e. The normalized spacial score (nSPS) is 10.6. The lowest BCUT2D eigenvalue weighted by Crippen LogP contribution is -2.29. The number of amides is 1. The van der Waals surface area contributed by atoms with Crippen LogP contribution in [0.3, 0.4) is 0 Å². The zero-order chi connectivity index (χ0) is 25.9. The van der Waals surface area contributed by atoms with E-state index in [1.807, 2.05) is 6.79 Å². The van der Waals surface area contributed by atoms with Gasteiger partial charge in [-0.05, 0) is 62.2 Å². The number of halogens is 3. The molecule has 0 spiro atoms. The van der Waals surface area contributed by atoms with Crippen molar-refractivity contribution in [3.05, 3.63) is 63.9 Å². The number of nitrogens with two attached hydrogens (primary N) is 1. The molecule has 0 bridgehead atoms. The SMILES string of the molecule is C=O.CCCCC(CCNC(=O)CC(=O)c1ccc(Cl)cc1)COc1ccc(Cl)c(F)c1.CN. The van der Waals surface area contributed by atoms with Crippen molar-refractivity contribution in [1.29, 1.82) is 0 Å². The molecule has 0 fully saturated rings. The van der Waals surface area contributed by atoms with Gasteiger partial charge in [-0.2, -0.15) is 0 Å². The molecule has 2 aromatic rings. The van der Waals surface area contributed by atoms with E-state index in [4.69, 9.17) is 32.7 Å². The van der Waals surface area contributed by atoms with Crippen LogP contribution in [-0.2, 0) is 9.59 Å². The number of rotatable bonds is 12. The second-order valence-electron chi connectivity index (χ2n) is 7.14. The topological polar surface area (TPSA) is 98.5 Å². The number of ketones is 1. The zero-order valence-electron chi connectivity index (χ0n) is 19.6. The molecule has 9 heteroatoms. The Morgan fingerprint density at radius 3 is 2.32 bits per heavy atom. The number of hydrogen-bond acceptors (Lipinski definition) is 5. The molecule has 1 atom stereocenters. The van der Waals surface area contributed by atoms with E-state index in [0.29, 0.717) is 35.9 Å². The number of unbranched alkanes of at least 4 members (excludes halogenated alkanes) is 1. The summed E-state index contributed by atoms with van der Waals surface area (Å²) in [7, 11) is 1.50.